The van der Waals surface area contributed by atoms with E-state index in [0.29, 0.717) is 11.3 Å². The van der Waals surface area contributed by atoms with E-state index in [1.807, 2.05) is 25.1 Å². The summed E-state index contributed by atoms with van der Waals surface area (Å²) in [5.74, 6) is -0.383. The number of H-pyrrole nitrogens is 1. The van der Waals surface area contributed by atoms with Gasteiger partial charge in [0.05, 0.1) is 12.3 Å². The molecule has 0 spiro atoms. The van der Waals surface area contributed by atoms with E-state index >= 15 is 0 Å². The highest BCUT2D eigenvalue weighted by Gasteiger charge is 2.19. The van der Waals surface area contributed by atoms with Crippen molar-refractivity contribution in [3.8, 4) is 17.3 Å². The van der Waals surface area contributed by atoms with Gasteiger partial charge in [-0.15, -0.1) is 0 Å². The van der Waals surface area contributed by atoms with E-state index in [1.165, 1.54) is 0 Å². The number of esters is 1. The van der Waals surface area contributed by atoms with Gasteiger partial charge in [-0.25, -0.2) is 4.98 Å². The molecule has 1 N–H and O–H groups in total. The molecule has 1 atom stereocenters. The summed E-state index contributed by atoms with van der Waals surface area (Å²) in [5, 5.41) is 9.01. The van der Waals surface area contributed by atoms with Crippen LogP contribution in [0.15, 0.2) is 34.2 Å². The molecule has 0 saturated heterocycles. The van der Waals surface area contributed by atoms with Crippen molar-refractivity contribution in [2.75, 3.05) is 6.61 Å². The Balaban J connectivity index is 2.42. The molecule has 1 aromatic heterocycles. The lowest BCUT2D eigenvalue weighted by Crippen LogP contribution is -2.19. The molecule has 2 rings (SSSR count). The number of hydrogen-bond donors (Lipinski definition) is 1. The van der Waals surface area contributed by atoms with Crippen LogP contribution < -0.4 is 5.56 Å². The van der Waals surface area contributed by atoms with Gasteiger partial charge in [0.15, 0.2) is 5.16 Å². The van der Waals surface area contributed by atoms with Gasteiger partial charge in [0, 0.05) is 5.56 Å². The second-order valence-electron chi connectivity index (χ2n) is 5.08. The van der Waals surface area contributed by atoms with E-state index in [4.69, 9.17) is 4.74 Å². The Bertz CT molecular complexity index is 838. The molecule has 24 heavy (non-hydrogen) atoms. The third-order valence-corrected chi connectivity index (χ3v) is 4.20. The number of aromatic amines is 1. The average Bonchev–Trinajstić information content (AvgIpc) is 2.55. The molecule has 124 valence electrons. The maximum atomic E-state index is 12.2. The van der Waals surface area contributed by atoms with E-state index < -0.39 is 10.8 Å². The van der Waals surface area contributed by atoms with Gasteiger partial charge in [-0.2, -0.15) is 5.26 Å². The smallest absolute Gasteiger partial charge is 0.319 e. The first-order valence-corrected chi connectivity index (χ1v) is 8.29. The third kappa shape index (κ3) is 4.03. The molecule has 0 unspecified atom stereocenters. The van der Waals surface area contributed by atoms with Crippen LogP contribution in [0.3, 0.4) is 0 Å². The number of ether oxygens (including phenoxy) is 1. The van der Waals surface area contributed by atoms with Crippen LogP contribution in [0.4, 0.5) is 0 Å². The largest absolute Gasteiger partial charge is 0.465 e. The van der Waals surface area contributed by atoms with Gasteiger partial charge in [-0.05, 0) is 20.8 Å². The van der Waals surface area contributed by atoms with Gasteiger partial charge in [0.2, 0.25) is 0 Å². The molecule has 0 aliphatic rings. The minimum Gasteiger partial charge on any atom is -0.465 e. The first-order valence-electron chi connectivity index (χ1n) is 7.41. The van der Waals surface area contributed by atoms with Crippen molar-refractivity contribution in [1.82, 2.24) is 9.97 Å². The summed E-state index contributed by atoms with van der Waals surface area (Å²) in [6, 6.07) is 9.27. The molecule has 1 aromatic carbocycles. The molecule has 2 aromatic rings. The lowest BCUT2D eigenvalue weighted by atomic mass is 10.1. The maximum absolute atomic E-state index is 12.2. The van der Waals surface area contributed by atoms with Gasteiger partial charge >= 0.3 is 5.97 Å². The number of benzene rings is 1. The Morgan fingerprint density at radius 1 is 1.42 bits per heavy atom. The fourth-order valence-electron chi connectivity index (χ4n) is 2.01. The minimum absolute atomic E-state index is 0.0491. The van der Waals surface area contributed by atoms with Crippen LogP contribution in [0.25, 0.3) is 11.3 Å². The van der Waals surface area contributed by atoms with E-state index in [1.54, 1.807) is 26.0 Å². The fourth-order valence-corrected chi connectivity index (χ4v) is 2.80. The first-order chi connectivity index (χ1) is 11.5. The van der Waals surface area contributed by atoms with Crippen LogP contribution in [0.2, 0.25) is 0 Å². The fraction of sp³-hybridized carbons (Fsp3) is 0.294. The van der Waals surface area contributed by atoms with Crippen LogP contribution in [-0.2, 0) is 9.53 Å². The number of hydrogen-bond acceptors (Lipinski definition) is 6. The second kappa shape index (κ2) is 7.79. The second-order valence-corrected chi connectivity index (χ2v) is 6.41. The number of nitrogens with zero attached hydrogens (tertiary/aromatic N) is 2. The molecular formula is C17H17N3O3S. The van der Waals surface area contributed by atoms with E-state index in [9.17, 15) is 14.9 Å². The van der Waals surface area contributed by atoms with Crippen molar-refractivity contribution in [3.63, 3.8) is 0 Å². The summed E-state index contributed by atoms with van der Waals surface area (Å²) >= 11 is 1.09. The predicted molar refractivity (Wildman–Crippen MR) is 91.7 cm³/mol. The van der Waals surface area contributed by atoms with Crippen LogP contribution in [0.5, 0.6) is 0 Å². The van der Waals surface area contributed by atoms with Gasteiger partial charge in [-0.3, -0.25) is 9.59 Å². The lowest BCUT2D eigenvalue weighted by molar-refractivity contribution is -0.142. The Kier molecular flexibility index (Phi) is 5.77. The predicted octanol–water partition coefficient (Wildman–Crippen LogP) is 2.66. The average molecular weight is 343 g/mol. The van der Waals surface area contributed by atoms with Crippen molar-refractivity contribution < 1.29 is 9.53 Å². The number of nitrogens with one attached hydrogen (secondary N) is 1. The summed E-state index contributed by atoms with van der Waals surface area (Å²) in [6.07, 6.45) is 0. The highest BCUT2D eigenvalue weighted by molar-refractivity contribution is 8.00. The molecule has 0 saturated carbocycles. The van der Waals surface area contributed by atoms with E-state index in [0.717, 1.165) is 17.3 Å². The standard InChI is InChI=1S/C17H17N3O3S/c1-4-23-16(22)11(3)24-17-19-14(13(9-18)15(21)20-17)12-7-5-10(2)6-8-12/h5-8,11H,4H2,1-3H3,(H,19,20,21)/t11-/m1/s1. The third-order valence-electron chi connectivity index (χ3n) is 3.24. The number of aromatic nitrogens is 2. The maximum Gasteiger partial charge on any atom is 0.319 e. The number of nitriles is 1. The Labute approximate surface area is 143 Å². The zero-order valence-electron chi connectivity index (χ0n) is 13.6. The molecule has 7 heteroatoms. The van der Waals surface area contributed by atoms with E-state index in [-0.39, 0.29) is 23.3 Å². The summed E-state index contributed by atoms with van der Waals surface area (Å²) < 4.78 is 4.95. The zero-order chi connectivity index (χ0) is 17.7. The van der Waals surface area contributed by atoms with Crippen molar-refractivity contribution in [2.24, 2.45) is 0 Å². The van der Waals surface area contributed by atoms with Gasteiger partial charge in [0.25, 0.3) is 5.56 Å². The molecule has 6 nitrogen and oxygen atoms in total. The van der Waals surface area contributed by atoms with E-state index in [2.05, 4.69) is 9.97 Å². The molecule has 1 heterocycles. The van der Waals surface area contributed by atoms with Crippen molar-refractivity contribution in [2.45, 2.75) is 31.2 Å². The normalized spacial score (nSPS) is 11.6. The summed E-state index contributed by atoms with van der Waals surface area (Å²) in [5.41, 5.74) is 1.47. The number of aryl methyl sites for hydroxylation is 1. The summed E-state index contributed by atoms with van der Waals surface area (Å²) in [6.45, 7) is 5.64. The van der Waals surface area contributed by atoms with Crippen molar-refractivity contribution >= 4 is 17.7 Å². The molecule has 0 fully saturated rings. The van der Waals surface area contributed by atoms with Crippen LogP contribution >= 0.6 is 11.8 Å². The Hall–Kier alpha value is -2.59. The Morgan fingerprint density at radius 2 is 2.08 bits per heavy atom. The highest BCUT2D eigenvalue weighted by atomic mass is 32.2. The molecule has 0 bridgehead atoms. The van der Waals surface area contributed by atoms with Crippen molar-refractivity contribution in [1.29, 1.82) is 5.26 Å². The monoisotopic (exact) mass is 343 g/mol. The molecule has 0 aliphatic carbocycles. The minimum atomic E-state index is -0.526. The van der Waals surface area contributed by atoms with Crippen LogP contribution in [-0.4, -0.2) is 27.8 Å². The zero-order valence-corrected chi connectivity index (χ0v) is 14.4. The lowest BCUT2D eigenvalue weighted by Gasteiger charge is -2.11. The summed E-state index contributed by atoms with van der Waals surface area (Å²) in [4.78, 5) is 30.8. The first kappa shape index (κ1) is 17.8. The number of carbonyl (C=O) groups excluding carboxylic acids is 1. The van der Waals surface area contributed by atoms with Gasteiger partial charge in [-0.1, -0.05) is 41.6 Å². The topological polar surface area (TPSA) is 95.8 Å². The molecular weight excluding hydrogens is 326 g/mol. The molecule has 0 radical (unpaired) electrons. The summed E-state index contributed by atoms with van der Waals surface area (Å²) in [7, 11) is 0. The molecule has 0 amide bonds. The number of carbonyl (C=O) groups is 1. The van der Waals surface area contributed by atoms with Gasteiger partial charge in [0.1, 0.15) is 16.9 Å². The Morgan fingerprint density at radius 3 is 2.67 bits per heavy atom. The quantitative estimate of drug-likeness (QED) is 0.509. The number of thioether (sulfide) groups is 1. The highest BCUT2D eigenvalue weighted by Crippen LogP contribution is 2.25. The van der Waals surface area contributed by atoms with Crippen LogP contribution in [0.1, 0.15) is 25.0 Å². The van der Waals surface area contributed by atoms with Crippen LogP contribution in [0, 0.1) is 18.3 Å². The molecule has 0 aliphatic heterocycles. The SMILES string of the molecule is CCOC(=O)[C@@H](C)Sc1nc(-c2ccc(C)cc2)c(C#N)c(=O)[nH]1. The van der Waals surface area contributed by atoms with Crippen molar-refractivity contribution in [3.05, 3.63) is 45.7 Å². The number of rotatable bonds is 5. The van der Waals surface area contributed by atoms with Gasteiger partial charge < -0.3 is 9.72 Å².